The van der Waals surface area contributed by atoms with Gasteiger partial charge in [0.15, 0.2) is 27.4 Å². The second kappa shape index (κ2) is 8.26. The van der Waals surface area contributed by atoms with E-state index in [0.717, 1.165) is 5.39 Å². The highest BCUT2D eigenvalue weighted by atomic mass is 32.2. The van der Waals surface area contributed by atoms with Gasteiger partial charge in [-0.1, -0.05) is 23.9 Å². The van der Waals surface area contributed by atoms with E-state index >= 15 is 0 Å². The lowest BCUT2D eigenvalue weighted by atomic mass is 10.2. The molecule has 0 saturated carbocycles. The summed E-state index contributed by atoms with van der Waals surface area (Å²) < 4.78 is 13.3. The molecular formula is C19H19N5O3S2. The van der Waals surface area contributed by atoms with E-state index < -0.39 is 0 Å². The number of para-hydroxylation sites is 1. The summed E-state index contributed by atoms with van der Waals surface area (Å²) >= 11 is 2.72. The molecule has 1 unspecified atom stereocenters. The van der Waals surface area contributed by atoms with Gasteiger partial charge in [0.2, 0.25) is 11.7 Å². The first kappa shape index (κ1) is 19.5. The first-order valence-corrected chi connectivity index (χ1v) is 10.7. The molecule has 0 aliphatic rings. The summed E-state index contributed by atoms with van der Waals surface area (Å²) in [6, 6.07) is 7.64. The van der Waals surface area contributed by atoms with Gasteiger partial charge in [-0.3, -0.25) is 9.36 Å². The number of rotatable bonds is 7. The van der Waals surface area contributed by atoms with Crippen LogP contribution in [0.15, 0.2) is 45.4 Å². The number of anilines is 1. The topological polar surface area (TPSA) is 95.1 Å². The summed E-state index contributed by atoms with van der Waals surface area (Å²) in [4.78, 5) is 16.5. The number of hydrogen-bond donors (Lipinski definition) is 1. The standard InChI is InChI=1S/C19H19N5O3S2/c1-4-24-16(14-10-12-6-5-7-13(26-3)15(12)27-14)22-23-19(24)29-11(2)17(25)21-18-20-8-9-28-18/h5-11H,4H2,1-3H3,(H,20,21,25). The number of aromatic nitrogens is 4. The molecule has 0 aliphatic heterocycles. The third kappa shape index (κ3) is 3.85. The molecule has 1 atom stereocenters. The van der Waals surface area contributed by atoms with Crippen LogP contribution in [0.1, 0.15) is 13.8 Å². The summed E-state index contributed by atoms with van der Waals surface area (Å²) in [6.45, 7) is 4.47. The molecule has 3 aromatic heterocycles. The maximum atomic E-state index is 12.4. The third-order valence-electron chi connectivity index (χ3n) is 4.30. The van der Waals surface area contributed by atoms with Crippen LogP contribution in [-0.4, -0.2) is 38.0 Å². The first-order chi connectivity index (χ1) is 14.1. The fourth-order valence-corrected chi connectivity index (χ4v) is 4.30. The van der Waals surface area contributed by atoms with Gasteiger partial charge in [0.05, 0.1) is 12.4 Å². The maximum Gasteiger partial charge on any atom is 0.239 e. The molecule has 1 N–H and O–H groups in total. The molecule has 150 valence electrons. The highest BCUT2D eigenvalue weighted by Crippen LogP contribution is 2.34. The van der Waals surface area contributed by atoms with Crippen LogP contribution in [0.5, 0.6) is 5.75 Å². The van der Waals surface area contributed by atoms with Gasteiger partial charge in [-0.05, 0) is 26.0 Å². The molecule has 3 heterocycles. The second-order valence-electron chi connectivity index (χ2n) is 6.13. The fraction of sp³-hybridized carbons (Fsp3) is 0.263. The van der Waals surface area contributed by atoms with Crippen LogP contribution < -0.4 is 10.1 Å². The van der Waals surface area contributed by atoms with Crippen molar-refractivity contribution < 1.29 is 13.9 Å². The molecule has 8 nitrogen and oxygen atoms in total. The number of furan rings is 1. The highest BCUT2D eigenvalue weighted by Gasteiger charge is 2.22. The van der Waals surface area contributed by atoms with E-state index in [9.17, 15) is 4.79 Å². The number of ether oxygens (including phenoxy) is 1. The van der Waals surface area contributed by atoms with E-state index in [1.807, 2.05) is 48.1 Å². The van der Waals surface area contributed by atoms with E-state index in [0.29, 0.717) is 39.7 Å². The molecular weight excluding hydrogens is 410 g/mol. The number of nitrogens with zero attached hydrogens (tertiary/aromatic N) is 4. The van der Waals surface area contributed by atoms with Crippen molar-refractivity contribution in [1.82, 2.24) is 19.7 Å². The van der Waals surface area contributed by atoms with Crippen LogP contribution in [0.2, 0.25) is 0 Å². The average Bonchev–Trinajstić information content (AvgIpc) is 3.46. The minimum Gasteiger partial charge on any atom is -0.493 e. The molecule has 4 aromatic rings. The number of thioether (sulfide) groups is 1. The number of hydrogen-bond acceptors (Lipinski definition) is 8. The van der Waals surface area contributed by atoms with Crippen molar-refractivity contribution in [2.75, 3.05) is 12.4 Å². The van der Waals surface area contributed by atoms with Gasteiger partial charge in [0, 0.05) is 23.5 Å². The van der Waals surface area contributed by atoms with Crippen molar-refractivity contribution in [3.05, 3.63) is 35.8 Å². The molecule has 4 rings (SSSR count). The highest BCUT2D eigenvalue weighted by molar-refractivity contribution is 8.00. The van der Waals surface area contributed by atoms with Gasteiger partial charge in [0.1, 0.15) is 0 Å². The summed E-state index contributed by atoms with van der Waals surface area (Å²) in [7, 11) is 1.61. The molecule has 1 aromatic carbocycles. The Hall–Kier alpha value is -2.85. The summed E-state index contributed by atoms with van der Waals surface area (Å²) in [6.07, 6.45) is 1.65. The number of amides is 1. The Labute approximate surface area is 175 Å². The molecule has 10 heteroatoms. The molecule has 1 amide bonds. The van der Waals surface area contributed by atoms with Crippen molar-refractivity contribution >= 4 is 45.1 Å². The summed E-state index contributed by atoms with van der Waals surface area (Å²) in [5.74, 6) is 1.75. The first-order valence-electron chi connectivity index (χ1n) is 8.97. The van der Waals surface area contributed by atoms with Crippen molar-refractivity contribution in [1.29, 1.82) is 0 Å². The van der Waals surface area contributed by atoms with Crippen LogP contribution in [0.4, 0.5) is 5.13 Å². The van der Waals surface area contributed by atoms with E-state index in [4.69, 9.17) is 9.15 Å². The Balaban J connectivity index is 1.59. The third-order valence-corrected chi connectivity index (χ3v) is 6.06. The number of carbonyl (C=O) groups is 1. The molecule has 29 heavy (non-hydrogen) atoms. The smallest absolute Gasteiger partial charge is 0.239 e. The van der Waals surface area contributed by atoms with Gasteiger partial charge in [-0.25, -0.2) is 4.98 Å². The van der Waals surface area contributed by atoms with Crippen molar-refractivity contribution in [3.63, 3.8) is 0 Å². The molecule has 0 radical (unpaired) electrons. The Kier molecular flexibility index (Phi) is 5.54. The van der Waals surface area contributed by atoms with Crippen molar-refractivity contribution in [2.24, 2.45) is 0 Å². The van der Waals surface area contributed by atoms with Crippen LogP contribution >= 0.6 is 23.1 Å². The predicted molar refractivity (Wildman–Crippen MR) is 114 cm³/mol. The number of fused-ring (bicyclic) bond motifs is 1. The summed E-state index contributed by atoms with van der Waals surface area (Å²) in [5, 5.41) is 15.0. The van der Waals surface area contributed by atoms with Crippen LogP contribution in [0, 0.1) is 0 Å². The number of carbonyl (C=O) groups excluding carboxylic acids is 1. The lowest BCUT2D eigenvalue weighted by molar-refractivity contribution is -0.115. The van der Waals surface area contributed by atoms with E-state index in [-0.39, 0.29) is 11.2 Å². The Morgan fingerprint density at radius 3 is 3.00 bits per heavy atom. The van der Waals surface area contributed by atoms with Gasteiger partial charge < -0.3 is 14.5 Å². The normalized spacial score (nSPS) is 12.2. The zero-order valence-electron chi connectivity index (χ0n) is 16.1. The van der Waals surface area contributed by atoms with E-state index in [1.165, 1.54) is 23.1 Å². The van der Waals surface area contributed by atoms with Crippen LogP contribution in [0.3, 0.4) is 0 Å². The number of methoxy groups -OCH3 is 1. The molecule has 0 bridgehead atoms. The van der Waals surface area contributed by atoms with Gasteiger partial charge >= 0.3 is 0 Å². The predicted octanol–water partition coefficient (Wildman–Crippen LogP) is 4.30. The van der Waals surface area contributed by atoms with Crippen molar-refractivity contribution in [2.45, 2.75) is 30.8 Å². The average molecular weight is 430 g/mol. The minimum absolute atomic E-state index is 0.134. The number of benzene rings is 1. The maximum absolute atomic E-state index is 12.4. The van der Waals surface area contributed by atoms with Gasteiger partial charge in [0.25, 0.3) is 0 Å². The zero-order valence-corrected chi connectivity index (χ0v) is 17.7. The zero-order chi connectivity index (χ0) is 20.4. The molecule has 0 spiro atoms. The Morgan fingerprint density at radius 2 is 2.28 bits per heavy atom. The quantitative estimate of drug-likeness (QED) is 0.438. The summed E-state index contributed by atoms with van der Waals surface area (Å²) in [5.41, 5.74) is 0.668. The van der Waals surface area contributed by atoms with Crippen LogP contribution in [0.25, 0.3) is 22.6 Å². The van der Waals surface area contributed by atoms with Gasteiger partial charge in [-0.15, -0.1) is 21.5 Å². The van der Waals surface area contributed by atoms with E-state index in [1.54, 1.807) is 13.3 Å². The lowest BCUT2D eigenvalue weighted by Gasteiger charge is -2.11. The monoisotopic (exact) mass is 429 g/mol. The minimum atomic E-state index is -0.364. The number of thiazole rings is 1. The Bertz CT molecular complexity index is 1140. The molecule has 0 aliphatic carbocycles. The fourth-order valence-electron chi connectivity index (χ4n) is 2.85. The lowest BCUT2D eigenvalue weighted by Crippen LogP contribution is -2.22. The molecule has 0 fully saturated rings. The SMILES string of the molecule is CCn1c(SC(C)C(=O)Nc2nccs2)nnc1-c1cc2cccc(OC)c2o1. The number of nitrogens with one attached hydrogen (secondary N) is 1. The molecule has 0 saturated heterocycles. The Morgan fingerprint density at radius 1 is 1.41 bits per heavy atom. The second-order valence-corrected chi connectivity index (χ2v) is 8.33. The van der Waals surface area contributed by atoms with Crippen LogP contribution in [-0.2, 0) is 11.3 Å². The van der Waals surface area contributed by atoms with Gasteiger partial charge in [-0.2, -0.15) is 0 Å². The van der Waals surface area contributed by atoms with Crippen molar-refractivity contribution in [3.8, 4) is 17.3 Å². The largest absolute Gasteiger partial charge is 0.493 e. The van der Waals surface area contributed by atoms with E-state index in [2.05, 4.69) is 20.5 Å².